The van der Waals surface area contributed by atoms with Gasteiger partial charge in [-0.3, -0.25) is 24.2 Å². The molecule has 0 radical (unpaired) electrons. The number of nitrogens with zero attached hydrogens (tertiary/aromatic N) is 3. The van der Waals surface area contributed by atoms with Gasteiger partial charge in [0.2, 0.25) is 0 Å². The summed E-state index contributed by atoms with van der Waals surface area (Å²) in [5, 5.41) is 2.97. The largest absolute Gasteiger partial charge is 0.339 e. The maximum atomic E-state index is 11.4. The van der Waals surface area contributed by atoms with Crippen molar-refractivity contribution in [2.75, 3.05) is 0 Å². The van der Waals surface area contributed by atoms with Gasteiger partial charge in [0, 0.05) is 7.05 Å². The minimum absolute atomic E-state index is 0.246. The van der Waals surface area contributed by atoms with E-state index in [1.165, 1.54) is 18.1 Å². The lowest BCUT2D eigenvalue weighted by molar-refractivity contribution is 0.596. The second-order valence-corrected chi connectivity index (χ2v) is 5.19. The molecule has 0 bridgehead atoms. The van der Waals surface area contributed by atoms with Crippen molar-refractivity contribution in [3.8, 4) is 0 Å². The van der Waals surface area contributed by atoms with Crippen molar-refractivity contribution < 1.29 is 0 Å². The highest BCUT2D eigenvalue weighted by atomic mass is 127. The fourth-order valence-corrected chi connectivity index (χ4v) is 2.47. The number of hydrogen-bond donors (Lipinski definition) is 2. The van der Waals surface area contributed by atoms with Crippen molar-refractivity contribution in [3.05, 3.63) is 41.0 Å². The summed E-state index contributed by atoms with van der Waals surface area (Å²) in [5.41, 5.74) is -1.95. The van der Waals surface area contributed by atoms with Gasteiger partial charge in [-0.2, -0.15) is 4.98 Å². The van der Waals surface area contributed by atoms with Crippen molar-refractivity contribution in [2.24, 2.45) is 7.05 Å². The first-order chi connectivity index (χ1) is 8.49. The summed E-state index contributed by atoms with van der Waals surface area (Å²) in [6.45, 7) is 0. The van der Waals surface area contributed by atoms with E-state index < -0.39 is 11.1 Å². The monoisotopic (exact) mass is 379 g/mol. The second-order valence-electron chi connectivity index (χ2n) is 3.15. The van der Waals surface area contributed by atoms with Gasteiger partial charge in [-0.05, 0) is 34.4 Å². The molecule has 2 aromatic heterocycles. The summed E-state index contributed by atoms with van der Waals surface area (Å²) in [4.78, 5) is 43.6. The van der Waals surface area contributed by atoms with Gasteiger partial charge in [-0.25, -0.2) is 4.98 Å². The number of hydrogen-bond acceptors (Lipinski definition) is 6. The molecule has 8 nitrogen and oxygen atoms in total. The van der Waals surface area contributed by atoms with E-state index >= 15 is 0 Å². The first-order valence-electron chi connectivity index (χ1n) is 4.57. The molecule has 0 amide bonds. The number of H-pyrrole nitrogens is 2. The Labute approximate surface area is 117 Å². The van der Waals surface area contributed by atoms with Gasteiger partial charge in [0.25, 0.3) is 5.56 Å². The fraction of sp³-hybridized carbons (Fsp3) is 0.125. The van der Waals surface area contributed by atoms with Crippen LogP contribution >= 0.6 is 34.4 Å². The summed E-state index contributed by atoms with van der Waals surface area (Å²) in [6.07, 6.45) is 1.26. The van der Waals surface area contributed by atoms with E-state index in [1.54, 1.807) is 0 Å². The van der Waals surface area contributed by atoms with Crippen LogP contribution in [0.25, 0.3) is 0 Å². The fourth-order valence-electron chi connectivity index (χ4n) is 1.08. The van der Waals surface area contributed by atoms with Crippen LogP contribution in [0.1, 0.15) is 0 Å². The van der Waals surface area contributed by atoms with Crippen LogP contribution in [0, 0.1) is 3.57 Å². The summed E-state index contributed by atoms with van der Waals surface area (Å²) >= 11 is 2.87. The van der Waals surface area contributed by atoms with Gasteiger partial charge >= 0.3 is 11.1 Å². The smallest absolute Gasteiger partial charge is 0.312 e. The first-order valence-corrected chi connectivity index (χ1v) is 6.47. The maximum absolute atomic E-state index is 11.4. The van der Waals surface area contributed by atoms with Gasteiger partial charge in [-0.1, -0.05) is 0 Å². The molecular weight excluding hydrogens is 373 g/mol. The molecule has 2 aromatic rings. The van der Waals surface area contributed by atoms with Crippen LogP contribution in [-0.2, 0) is 7.05 Å². The van der Waals surface area contributed by atoms with E-state index in [-0.39, 0.29) is 10.7 Å². The summed E-state index contributed by atoms with van der Waals surface area (Å²) in [7, 11) is 1.54. The molecule has 18 heavy (non-hydrogen) atoms. The molecular formula is C8H6IN5O3S. The van der Waals surface area contributed by atoms with Crippen molar-refractivity contribution in [2.45, 2.75) is 10.2 Å². The average molecular weight is 379 g/mol. The SMILES string of the molecule is Cn1[nH]c(=O)c(=O)nc1Sc1nc[nH]c(=O)c1I. The third-order valence-electron chi connectivity index (χ3n) is 1.90. The Hall–Kier alpha value is -1.43. The molecule has 94 valence electrons. The van der Waals surface area contributed by atoms with Crippen LogP contribution in [0.5, 0.6) is 0 Å². The number of nitrogens with one attached hydrogen (secondary N) is 2. The molecule has 0 saturated heterocycles. The molecule has 0 aliphatic rings. The van der Waals surface area contributed by atoms with Crippen molar-refractivity contribution in [1.82, 2.24) is 24.7 Å². The van der Waals surface area contributed by atoms with Crippen LogP contribution in [0.2, 0.25) is 0 Å². The van der Waals surface area contributed by atoms with Crippen molar-refractivity contribution in [3.63, 3.8) is 0 Å². The quantitative estimate of drug-likeness (QED) is 0.406. The Morgan fingerprint density at radius 3 is 2.78 bits per heavy atom. The molecule has 0 atom stereocenters. The highest BCUT2D eigenvalue weighted by Crippen LogP contribution is 2.24. The number of aryl methyl sites for hydroxylation is 1. The van der Waals surface area contributed by atoms with Crippen LogP contribution in [-0.4, -0.2) is 24.7 Å². The molecule has 10 heteroatoms. The topological polar surface area (TPSA) is 114 Å². The Bertz CT molecular complexity index is 764. The van der Waals surface area contributed by atoms with Gasteiger partial charge < -0.3 is 4.98 Å². The molecule has 0 unspecified atom stereocenters. The molecule has 0 aliphatic heterocycles. The lowest BCUT2D eigenvalue weighted by Gasteiger charge is -2.05. The summed E-state index contributed by atoms with van der Waals surface area (Å²) in [6, 6.07) is 0. The Kier molecular flexibility index (Phi) is 3.65. The van der Waals surface area contributed by atoms with Gasteiger partial charge in [-0.15, -0.1) is 0 Å². The minimum atomic E-state index is -0.879. The van der Waals surface area contributed by atoms with Crippen LogP contribution in [0.3, 0.4) is 0 Å². The molecule has 0 aliphatic carbocycles. The van der Waals surface area contributed by atoms with E-state index in [4.69, 9.17) is 0 Å². The second kappa shape index (κ2) is 5.06. The Morgan fingerprint density at radius 1 is 1.33 bits per heavy atom. The predicted molar refractivity (Wildman–Crippen MR) is 71.8 cm³/mol. The van der Waals surface area contributed by atoms with Crippen LogP contribution < -0.4 is 16.7 Å². The standard InChI is InChI=1S/C8H6IN5O3S/c1-14-8(12-5(16)6(17)13-14)18-7-3(9)4(15)10-2-11-7/h2H,1H3,(H,13,17)(H,10,11,15). The molecule has 0 aromatic carbocycles. The molecule has 2 rings (SSSR count). The number of halogens is 1. The predicted octanol–water partition coefficient (Wildman–Crippen LogP) is -0.692. The summed E-state index contributed by atoms with van der Waals surface area (Å²) < 4.78 is 1.69. The number of aromatic amines is 2. The van der Waals surface area contributed by atoms with Crippen LogP contribution in [0.15, 0.2) is 30.9 Å². The van der Waals surface area contributed by atoms with Crippen LogP contribution in [0.4, 0.5) is 0 Å². The van der Waals surface area contributed by atoms with E-state index in [0.29, 0.717) is 8.60 Å². The Morgan fingerprint density at radius 2 is 2.06 bits per heavy atom. The van der Waals surface area contributed by atoms with E-state index in [1.807, 2.05) is 22.6 Å². The number of aromatic nitrogens is 5. The van der Waals surface area contributed by atoms with Crippen molar-refractivity contribution >= 4 is 34.4 Å². The zero-order valence-corrected chi connectivity index (χ0v) is 11.9. The van der Waals surface area contributed by atoms with E-state index in [9.17, 15) is 14.4 Å². The molecule has 2 N–H and O–H groups in total. The normalized spacial score (nSPS) is 10.6. The lowest BCUT2D eigenvalue weighted by atomic mass is 10.7. The lowest BCUT2D eigenvalue weighted by Crippen LogP contribution is -2.33. The molecule has 0 spiro atoms. The number of rotatable bonds is 2. The summed E-state index contributed by atoms with van der Waals surface area (Å²) in [5.74, 6) is 0. The third-order valence-corrected chi connectivity index (χ3v) is 4.32. The maximum Gasteiger partial charge on any atom is 0.339 e. The van der Waals surface area contributed by atoms with Crippen molar-refractivity contribution in [1.29, 1.82) is 0 Å². The average Bonchev–Trinajstić information content (AvgIpc) is 2.32. The third kappa shape index (κ3) is 2.53. The van der Waals surface area contributed by atoms with E-state index in [2.05, 4.69) is 20.1 Å². The van der Waals surface area contributed by atoms with E-state index in [0.717, 1.165) is 11.8 Å². The Balaban J connectivity index is 2.50. The minimum Gasteiger partial charge on any atom is -0.312 e. The highest BCUT2D eigenvalue weighted by molar-refractivity contribution is 14.1. The van der Waals surface area contributed by atoms with Gasteiger partial charge in [0.1, 0.15) is 8.60 Å². The molecule has 0 fully saturated rings. The molecule has 0 saturated carbocycles. The first kappa shape index (κ1) is 13.0. The highest BCUT2D eigenvalue weighted by Gasteiger charge is 2.11. The zero-order chi connectivity index (χ0) is 13.3. The van der Waals surface area contributed by atoms with Gasteiger partial charge in [0.05, 0.1) is 6.33 Å². The molecule has 2 heterocycles. The van der Waals surface area contributed by atoms with Gasteiger partial charge in [0.15, 0.2) is 5.16 Å². The zero-order valence-electron chi connectivity index (χ0n) is 8.93.